The molecule has 0 rings (SSSR count). The van der Waals surface area contributed by atoms with Crippen LogP contribution in [0.25, 0.3) is 0 Å². The summed E-state index contributed by atoms with van der Waals surface area (Å²) in [4.78, 5) is 26.1. The second-order valence-corrected chi connectivity index (χ2v) is 18.3. The average Bonchev–Trinajstić information content (AvgIpc) is 3.24. The van der Waals surface area contributed by atoms with Crippen LogP contribution in [-0.2, 0) is 14.3 Å². The third-order valence-corrected chi connectivity index (χ3v) is 12.3. The van der Waals surface area contributed by atoms with E-state index in [2.05, 4.69) is 50.4 Å². The fourth-order valence-corrected chi connectivity index (χ4v) is 8.25. The molecule has 3 N–H and O–H groups in total. The predicted octanol–water partition coefficient (Wildman–Crippen LogP) is 15.9. The normalized spacial score (nSPS) is 13.3. The summed E-state index contributed by atoms with van der Waals surface area (Å²) < 4.78 is 5.91. The van der Waals surface area contributed by atoms with Gasteiger partial charge in [0, 0.05) is 6.42 Å². The van der Waals surface area contributed by atoms with Crippen molar-refractivity contribution in [2.75, 3.05) is 6.61 Å². The summed E-state index contributed by atoms with van der Waals surface area (Å²) in [5, 5.41) is 23.8. The zero-order valence-electron chi connectivity index (χ0n) is 40.4. The minimum atomic E-state index is -0.795. The molecule has 3 unspecified atom stereocenters. The van der Waals surface area contributed by atoms with Gasteiger partial charge in [0.15, 0.2) is 0 Å². The molecule has 3 atom stereocenters. The van der Waals surface area contributed by atoms with Crippen molar-refractivity contribution in [1.29, 1.82) is 0 Å². The van der Waals surface area contributed by atoms with Crippen LogP contribution in [0.3, 0.4) is 0 Å². The van der Waals surface area contributed by atoms with E-state index in [1.54, 1.807) is 0 Å². The molecule has 0 bridgehead atoms. The van der Waals surface area contributed by atoms with E-state index in [-0.39, 0.29) is 24.9 Å². The lowest BCUT2D eigenvalue weighted by molar-refractivity contribution is -0.151. The summed E-state index contributed by atoms with van der Waals surface area (Å²) >= 11 is 0. The van der Waals surface area contributed by atoms with Crippen molar-refractivity contribution in [2.24, 2.45) is 0 Å². The van der Waals surface area contributed by atoms with Crippen LogP contribution in [0.5, 0.6) is 0 Å². The first-order valence-electron chi connectivity index (χ1n) is 26.6. The number of esters is 1. The van der Waals surface area contributed by atoms with Gasteiger partial charge in [-0.25, -0.2) is 0 Å². The highest BCUT2D eigenvalue weighted by atomic mass is 16.5. The second kappa shape index (κ2) is 48.4. The van der Waals surface area contributed by atoms with Gasteiger partial charge in [0.05, 0.1) is 25.2 Å². The minimum absolute atomic E-state index is 0.0500. The molecule has 0 aromatic carbocycles. The Morgan fingerprint density at radius 1 is 0.483 bits per heavy atom. The molecule has 0 aliphatic rings. The maximum Gasteiger partial charge on any atom is 0.306 e. The third-order valence-electron chi connectivity index (χ3n) is 12.3. The molecule has 0 saturated carbocycles. The highest BCUT2D eigenvalue weighted by molar-refractivity contribution is 5.77. The van der Waals surface area contributed by atoms with Crippen molar-refractivity contribution < 1.29 is 24.5 Å². The number of rotatable bonds is 48. The van der Waals surface area contributed by atoms with Crippen LogP contribution in [-0.4, -0.2) is 46.9 Å². The molecule has 0 aliphatic heterocycles. The average molecular weight is 846 g/mol. The van der Waals surface area contributed by atoms with E-state index in [9.17, 15) is 19.8 Å². The summed E-state index contributed by atoms with van der Waals surface area (Å²) in [5.74, 6) is -0.507. The SMILES string of the molecule is CCCCCCCCC/C=C/C=C/CCCC(CC(=O)NC(CO)C(O)CCCCCCCCCCCCCCCCC)OC(=O)CCCCCCCCCCCCCC. The molecular formula is C54H103NO5. The Balaban J connectivity index is 4.58. The van der Waals surface area contributed by atoms with Crippen LogP contribution in [0, 0.1) is 0 Å². The molecule has 0 aromatic rings. The third kappa shape index (κ3) is 43.0. The number of amides is 1. The van der Waals surface area contributed by atoms with E-state index in [0.717, 1.165) is 57.8 Å². The molecule has 0 aliphatic carbocycles. The summed E-state index contributed by atoms with van der Waals surface area (Å²) in [6, 6.07) is -0.711. The van der Waals surface area contributed by atoms with Crippen molar-refractivity contribution in [3.63, 3.8) is 0 Å². The molecule has 0 heterocycles. The molecule has 1 amide bonds. The second-order valence-electron chi connectivity index (χ2n) is 18.3. The lowest BCUT2D eigenvalue weighted by Crippen LogP contribution is -2.46. The molecule has 354 valence electrons. The highest BCUT2D eigenvalue weighted by Gasteiger charge is 2.24. The number of ether oxygens (including phenoxy) is 1. The lowest BCUT2D eigenvalue weighted by Gasteiger charge is -2.24. The van der Waals surface area contributed by atoms with Gasteiger partial charge in [0.1, 0.15) is 6.10 Å². The maximum atomic E-state index is 13.2. The number of aliphatic hydroxyl groups excluding tert-OH is 2. The number of carbonyl (C=O) groups is 2. The summed E-state index contributed by atoms with van der Waals surface area (Å²) in [6.07, 6.45) is 55.3. The Hall–Kier alpha value is -1.66. The fraction of sp³-hybridized carbons (Fsp3) is 0.889. The van der Waals surface area contributed by atoms with Crippen LogP contribution in [0.15, 0.2) is 24.3 Å². The molecular weight excluding hydrogens is 743 g/mol. The summed E-state index contributed by atoms with van der Waals surface area (Å²) in [5.41, 5.74) is 0. The van der Waals surface area contributed by atoms with Crippen molar-refractivity contribution in [1.82, 2.24) is 5.32 Å². The van der Waals surface area contributed by atoms with Gasteiger partial charge in [-0.3, -0.25) is 9.59 Å². The first-order chi connectivity index (χ1) is 29.5. The van der Waals surface area contributed by atoms with E-state index in [1.165, 1.54) is 180 Å². The van der Waals surface area contributed by atoms with Gasteiger partial charge in [-0.05, 0) is 44.9 Å². The topological polar surface area (TPSA) is 95.9 Å². The molecule has 0 spiro atoms. The number of unbranched alkanes of at least 4 members (excludes halogenated alkanes) is 33. The van der Waals surface area contributed by atoms with Crippen LogP contribution in [0.2, 0.25) is 0 Å². The number of hydrogen-bond donors (Lipinski definition) is 3. The Morgan fingerprint density at radius 2 is 0.850 bits per heavy atom. The van der Waals surface area contributed by atoms with Gasteiger partial charge in [-0.15, -0.1) is 0 Å². The standard InChI is InChI=1S/C54H103NO5/c1-4-7-10-13-16-19-22-25-27-29-31-34-37-40-43-46-52(57)51(49-56)55-53(58)48-50(45-42-39-36-33-30-28-26-23-20-17-14-11-8-5-2)60-54(59)47-44-41-38-35-32-24-21-18-15-12-9-6-3/h28,30,33,36,50-52,56-57H,4-27,29,31-32,34-35,37-49H2,1-3H3,(H,55,58)/b30-28+,36-33+. The fourth-order valence-electron chi connectivity index (χ4n) is 8.25. The Kier molecular flexibility index (Phi) is 47.0. The van der Waals surface area contributed by atoms with E-state index in [1.807, 2.05) is 0 Å². The Morgan fingerprint density at radius 3 is 1.27 bits per heavy atom. The van der Waals surface area contributed by atoms with Crippen LogP contribution in [0.4, 0.5) is 0 Å². The number of hydrogen-bond acceptors (Lipinski definition) is 5. The van der Waals surface area contributed by atoms with Crippen molar-refractivity contribution >= 4 is 11.9 Å². The first kappa shape index (κ1) is 58.3. The van der Waals surface area contributed by atoms with Crippen molar-refractivity contribution in [3.05, 3.63) is 24.3 Å². The minimum Gasteiger partial charge on any atom is -0.462 e. The van der Waals surface area contributed by atoms with Crippen molar-refractivity contribution in [3.8, 4) is 0 Å². The summed E-state index contributed by atoms with van der Waals surface area (Å²) in [6.45, 7) is 6.48. The first-order valence-corrected chi connectivity index (χ1v) is 26.6. The smallest absolute Gasteiger partial charge is 0.306 e. The molecule has 6 heteroatoms. The molecule has 0 aromatic heterocycles. The van der Waals surface area contributed by atoms with E-state index < -0.39 is 18.2 Å². The summed E-state index contributed by atoms with van der Waals surface area (Å²) in [7, 11) is 0. The van der Waals surface area contributed by atoms with Crippen LogP contribution in [0.1, 0.15) is 284 Å². The molecule has 0 radical (unpaired) electrons. The largest absolute Gasteiger partial charge is 0.462 e. The van der Waals surface area contributed by atoms with Gasteiger partial charge >= 0.3 is 5.97 Å². The maximum absolute atomic E-state index is 13.2. The lowest BCUT2D eigenvalue weighted by atomic mass is 10.0. The van der Waals surface area contributed by atoms with Crippen LogP contribution < -0.4 is 5.32 Å². The van der Waals surface area contributed by atoms with E-state index >= 15 is 0 Å². The number of nitrogens with one attached hydrogen (secondary N) is 1. The van der Waals surface area contributed by atoms with Crippen LogP contribution >= 0.6 is 0 Å². The van der Waals surface area contributed by atoms with Gasteiger partial charge in [-0.2, -0.15) is 0 Å². The van der Waals surface area contributed by atoms with E-state index in [0.29, 0.717) is 19.3 Å². The van der Waals surface area contributed by atoms with Gasteiger partial charge in [-0.1, -0.05) is 251 Å². The number of aliphatic hydroxyl groups is 2. The molecule has 60 heavy (non-hydrogen) atoms. The van der Waals surface area contributed by atoms with Gasteiger partial charge in [0.2, 0.25) is 5.91 Å². The Labute approximate surface area is 373 Å². The number of carbonyl (C=O) groups excluding carboxylic acids is 2. The van der Waals surface area contributed by atoms with Gasteiger partial charge < -0.3 is 20.3 Å². The molecule has 0 saturated heterocycles. The zero-order valence-corrected chi connectivity index (χ0v) is 40.4. The Bertz CT molecular complexity index is 950. The zero-order chi connectivity index (χ0) is 43.8. The molecule has 0 fully saturated rings. The highest BCUT2D eigenvalue weighted by Crippen LogP contribution is 2.18. The number of allylic oxidation sites excluding steroid dienone is 4. The quantitative estimate of drug-likeness (QED) is 0.0322. The predicted molar refractivity (Wildman–Crippen MR) is 260 cm³/mol. The van der Waals surface area contributed by atoms with Gasteiger partial charge in [0.25, 0.3) is 0 Å². The molecule has 6 nitrogen and oxygen atoms in total. The van der Waals surface area contributed by atoms with E-state index in [4.69, 9.17) is 4.74 Å². The monoisotopic (exact) mass is 846 g/mol. The van der Waals surface area contributed by atoms with Crippen molar-refractivity contribution in [2.45, 2.75) is 302 Å².